The number of anilines is 1. The number of nitrogens with one attached hydrogen (secondary N) is 1. The minimum absolute atomic E-state index is 0.00980. The highest BCUT2D eigenvalue weighted by Crippen LogP contribution is 2.50. The molecular formula is C38H42ClF6N7O5S. The van der Waals surface area contributed by atoms with Crippen molar-refractivity contribution in [1.29, 1.82) is 0 Å². The number of hydrazone groups is 1. The maximum Gasteiger partial charge on any atom is 0.411 e. The number of carbonyl (C=O) groups excluding carboxylic acids is 2. The van der Waals surface area contributed by atoms with E-state index < -0.39 is 87.1 Å². The summed E-state index contributed by atoms with van der Waals surface area (Å²) in [5, 5.41) is 6.02. The number of hydrogen-bond donors (Lipinski definition) is 2. The van der Waals surface area contributed by atoms with E-state index in [4.69, 9.17) is 22.1 Å². The zero-order valence-electron chi connectivity index (χ0n) is 32.1. The second-order valence-corrected chi connectivity index (χ2v) is 17.9. The van der Waals surface area contributed by atoms with Crippen molar-refractivity contribution >= 4 is 63.2 Å². The summed E-state index contributed by atoms with van der Waals surface area (Å²) in [6, 6.07) is 8.09. The van der Waals surface area contributed by atoms with Gasteiger partial charge in [-0.1, -0.05) is 56.6 Å². The summed E-state index contributed by atoms with van der Waals surface area (Å²) in [5.41, 5.74) is 1.80. The van der Waals surface area contributed by atoms with Crippen LogP contribution >= 0.6 is 11.6 Å². The van der Waals surface area contributed by atoms with Crippen molar-refractivity contribution < 1.29 is 49.1 Å². The first kappa shape index (κ1) is 44.2. The number of alkyl halides is 5. The van der Waals surface area contributed by atoms with Crippen molar-refractivity contribution in [2.24, 2.45) is 32.2 Å². The molecule has 58 heavy (non-hydrogen) atoms. The van der Waals surface area contributed by atoms with E-state index in [9.17, 15) is 35.2 Å². The molecule has 5 rings (SSSR count). The van der Waals surface area contributed by atoms with Crippen molar-refractivity contribution in [2.45, 2.75) is 81.1 Å². The number of carbonyl (C=O) groups is 2. The molecular weight excluding hydrogens is 816 g/mol. The first-order valence-electron chi connectivity index (χ1n) is 17.8. The van der Waals surface area contributed by atoms with Crippen molar-refractivity contribution in [3.05, 3.63) is 76.6 Å². The second-order valence-electron chi connectivity index (χ2n) is 15.4. The Kier molecular flexibility index (Phi) is 12.2. The lowest BCUT2D eigenvalue weighted by Crippen LogP contribution is -2.52. The summed E-state index contributed by atoms with van der Waals surface area (Å²) in [5.74, 6) is -3.80. The molecule has 1 heterocycles. The van der Waals surface area contributed by atoms with E-state index in [1.54, 1.807) is 0 Å². The lowest BCUT2D eigenvalue weighted by molar-refractivity contribution is -0.164. The van der Waals surface area contributed by atoms with Gasteiger partial charge >= 0.3 is 12.3 Å². The highest BCUT2D eigenvalue weighted by molar-refractivity contribution is 7.90. The Labute approximate surface area is 336 Å². The van der Waals surface area contributed by atoms with Crippen molar-refractivity contribution in [1.82, 2.24) is 10.2 Å². The van der Waals surface area contributed by atoms with Crippen molar-refractivity contribution in [3.8, 4) is 0 Å². The van der Waals surface area contributed by atoms with Gasteiger partial charge in [0.25, 0.3) is 12.3 Å². The number of ether oxygens (including phenoxy) is 1. The average molecular weight is 858 g/mol. The minimum Gasteiger partial charge on any atom is -0.447 e. The van der Waals surface area contributed by atoms with Gasteiger partial charge in [0.05, 0.1) is 21.6 Å². The molecule has 1 saturated carbocycles. The molecule has 0 radical (unpaired) electrons. The summed E-state index contributed by atoms with van der Waals surface area (Å²) < 4.78 is 115. The third-order valence-corrected chi connectivity index (χ3v) is 11.4. The summed E-state index contributed by atoms with van der Waals surface area (Å²) in [7, 11) is -2.54. The number of benzene rings is 2. The zero-order chi connectivity index (χ0) is 43.2. The van der Waals surface area contributed by atoms with Crippen LogP contribution in [0.15, 0.2) is 80.4 Å². The summed E-state index contributed by atoms with van der Waals surface area (Å²) in [4.78, 5) is 37.2. The van der Waals surface area contributed by atoms with Gasteiger partial charge in [-0.25, -0.2) is 36.4 Å². The fraction of sp³-hybridized carbons (Fsp3) is 0.447. The van der Waals surface area contributed by atoms with E-state index in [2.05, 4.69) is 21.8 Å². The average Bonchev–Trinajstić information content (AvgIpc) is 3.87. The predicted octanol–water partition coefficient (Wildman–Crippen LogP) is 7.61. The molecule has 3 atom stereocenters. The monoisotopic (exact) mass is 857 g/mol. The molecule has 0 aromatic heterocycles. The SMILES string of the molecule is C=NN(C(=NC)C(F)F)c1cc([C@@H](COC(=O)NC2(C(F)(F)F)CC2)N2C(=O)[C@@](CC(C)(C)C)(C3C=C(F)C(c4cccc(S(C)(=O)=O)c4)=CC3)N=C2N)ccc1Cl. The van der Waals surface area contributed by atoms with E-state index in [-0.39, 0.29) is 58.0 Å². The molecule has 0 bridgehead atoms. The molecule has 2 aliphatic carbocycles. The van der Waals surface area contributed by atoms with E-state index >= 15 is 9.18 Å². The number of guanidine groups is 1. The first-order chi connectivity index (χ1) is 26.9. The molecule has 12 nitrogen and oxygen atoms in total. The van der Waals surface area contributed by atoms with Gasteiger partial charge in [-0.05, 0) is 72.6 Å². The first-order valence-corrected chi connectivity index (χ1v) is 20.0. The Hall–Kier alpha value is -4.91. The lowest BCUT2D eigenvalue weighted by atomic mass is 9.69. The van der Waals surface area contributed by atoms with E-state index in [0.717, 1.165) is 18.2 Å². The number of hydrogen-bond acceptors (Lipinski definition) is 9. The predicted molar refractivity (Wildman–Crippen MR) is 208 cm³/mol. The largest absolute Gasteiger partial charge is 0.447 e. The lowest BCUT2D eigenvalue weighted by Gasteiger charge is -2.39. The third kappa shape index (κ3) is 8.89. The van der Waals surface area contributed by atoms with Crippen LogP contribution in [0.5, 0.6) is 0 Å². The van der Waals surface area contributed by atoms with Gasteiger partial charge in [0.2, 0.25) is 0 Å². The van der Waals surface area contributed by atoms with Gasteiger partial charge in [-0.2, -0.15) is 18.3 Å². The molecule has 2 aromatic rings. The molecule has 314 valence electrons. The fourth-order valence-electron chi connectivity index (χ4n) is 7.14. The molecule has 1 fully saturated rings. The molecule has 1 aliphatic heterocycles. The fourth-order valence-corrected chi connectivity index (χ4v) is 8.01. The van der Waals surface area contributed by atoms with Gasteiger partial charge < -0.3 is 15.8 Å². The number of halogens is 7. The second kappa shape index (κ2) is 16.0. The Bertz CT molecular complexity index is 2220. The van der Waals surface area contributed by atoms with Crippen LogP contribution in [0.1, 0.15) is 63.6 Å². The Morgan fingerprint density at radius 1 is 1.19 bits per heavy atom. The number of alkyl carbamates (subject to hydrolysis) is 1. The van der Waals surface area contributed by atoms with Gasteiger partial charge in [0.1, 0.15) is 18.0 Å². The van der Waals surface area contributed by atoms with E-state index in [1.807, 2.05) is 26.1 Å². The van der Waals surface area contributed by atoms with Gasteiger partial charge in [0.15, 0.2) is 27.2 Å². The van der Waals surface area contributed by atoms with Gasteiger partial charge in [-0.3, -0.25) is 14.7 Å². The molecule has 2 aromatic carbocycles. The van der Waals surface area contributed by atoms with Crippen LogP contribution < -0.4 is 16.1 Å². The summed E-state index contributed by atoms with van der Waals surface area (Å²) >= 11 is 6.43. The van der Waals surface area contributed by atoms with Crippen LogP contribution in [0.4, 0.5) is 36.8 Å². The number of aliphatic imine (C=N–C) groups is 2. The number of allylic oxidation sites excluding steroid dienone is 3. The molecule has 0 spiro atoms. The Balaban J connectivity index is 1.58. The Morgan fingerprint density at radius 3 is 2.40 bits per heavy atom. The maximum absolute atomic E-state index is 16.2. The normalized spacial score (nSPS) is 21.6. The van der Waals surface area contributed by atoms with Crippen molar-refractivity contribution in [2.75, 3.05) is 24.9 Å². The van der Waals surface area contributed by atoms with Crippen LogP contribution in [0, 0.1) is 11.3 Å². The molecule has 3 aliphatic rings. The van der Waals surface area contributed by atoms with Crippen LogP contribution in [0.2, 0.25) is 5.02 Å². The number of nitrogens with zero attached hydrogens (tertiary/aromatic N) is 5. The zero-order valence-corrected chi connectivity index (χ0v) is 33.7. The van der Waals surface area contributed by atoms with Crippen LogP contribution in [-0.2, 0) is 19.4 Å². The number of nitrogens with two attached hydrogens (primary N) is 1. The van der Waals surface area contributed by atoms with Gasteiger partial charge in [-0.15, -0.1) is 0 Å². The van der Waals surface area contributed by atoms with Crippen LogP contribution in [0.25, 0.3) is 5.57 Å². The number of amidine groups is 1. The molecule has 1 unspecified atom stereocenters. The Morgan fingerprint density at radius 2 is 1.86 bits per heavy atom. The quantitative estimate of drug-likeness (QED) is 0.0963. The number of sulfone groups is 1. The van der Waals surface area contributed by atoms with Crippen molar-refractivity contribution in [3.63, 3.8) is 0 Å². The maximum atomic E-state index is 16.2. The highest BCUT2D eigenvalue weighted by Gasteiger charge is 2.65. The molecule has 0 saturated heterocycles. The third-order valence-electron chi connectivity index (χ3n) is 10.0. The number of rotatable bonds is 12. The standard InChI is InChI=1S/C38H42ClF6N7O5S/c1-35(2,3)20-37(23-11-12-25(27(40)18-23)21-8-7-9-24(16-21)58(6,55)56)32(53)51(33(46)49-37)29(19-57-34(54)50-36(14-15-36)38(43,44)45)22-10-13-26(39)28(17-22)52(48-5)31(47-4)30(41)42/h7-10,12-13,16-18,23,29-30H,5,11,14-15,19-20H2,1-4,6H3,(H2,46,49)(H,50,54)/t23?,29-,37-/m1/s1. The molecule has 2 amide bonds. The topological polar surface area (TPSA) is 159 Å². The number of amides is 2. The summed E-state index contributed by atoms with van der Waals surface area (Å²) in [6.45, 7) is 7.96. The van der Waals surface area contributed by atoms with Crippen LogP contribution in [0.3, 0.4) is 0 Å². The van der Waals surface area contributed by atoms with Crippen LogP contribution in [-0.4, -0.2) is 87.4 Å². The van der Waals surface area contributed by atoms with E-state index in [0.29, 0.717) is 5.01 Å². The highest BCUT2D eigenvalue weighted by atomic mass is 35.5. The smallest absolute Gasteiger partial charge is 0.411 e. The van der Waals surface area contributed by atoms with E-state index in [1.165, 1.54) is 54.6 Å². The van der Waals surface area contributed by atoms with Gasteiger partial charge in [0, 0.05) is 31.5 Å². The molecule has 20 heteroatoms. The minimum atomic E-state index is -4.77. The molecule has 3 N–H and O–H groups in total. The summed E-state index contributed by atoms with van der Waals surface area (Å²) in [6.07, 6.45) is -6.37.